The van der Waals surface area contributed by atoms with Crippen LogP contribution in [0.2, 0.25) is 0 Å². The van der Waals surface area contributed by atoms with E-state index in [4.69, 9.17) is 4.74 Å². The van der Waals surface area contributed by atoms with Crippen LogP contribution in [0.4, 0.5) is 4.79 Å². The van der Waals surface area contributed by atoms with E-state index in [2.05, 4.69) is 20.9 Å². The van der Waals surface area contributed by atoms with Crippen LogP contribution < -0.4 is 16.0 Å². The molecule has 0 aromatic heterocycles. The molecule has 28 heavy (non-hydrogen) atoms. The number of ether oxygens (including phenoxy) is 1. The van der Waals surface area contributed by atoms with Crippen LogP contribution in [-0.4, -0.2) is 67.2 Å². The predicted molar refractivity (Wildman–Crippen MR) is 110 cm³/mol. The van der Waals surface area contributed by atoms with Crippen LogP contribution in [0.5, 0.6) is 0 Å². The Bertz CT molecular complexity index is 553. The topological polar surface area (TPSA) is 95.1 Å². The van der Waals surface area contributed by atoms with E-state index in [1.165, 1.54) is 12.8 Å². The summed E-state index contributed by atoms with van der Waals surface area (Å²) in [5.41, 5.74) is -0.506. The summed E-state index contributed by atoms with van der Waals surface area (Å²) in [7, 11) is 0. The van der Waals surface area contributed by atoms with Gasteiger partial charge in [-0.1, -0.05) is 12.8 Å². The minimum Gasteiger partial charge on any atom is -0.444 e. The SMILES string of the molecule is CCNC(=NCCNC(=O)OC(C)(C)C)NC1CCN(C(=O)C2CCCC2)C1. The molecular formula is C20H37N5O3. The molecular weight excluding hydrogens is 358 g/mol. The summed E-state index contributed by atoms with van der Waals surface area (Å²) in [5.74, 6) is 1.28. The monoisotopic (exact) mass is 395 g/mol. The van der Waals surface area contributed by atoms with Crippen LogP contribution in [0.3, 0.4) is 0 Å². The molecule has 1 aliphatic carbocycles. The molecule has 8 heteroatoms. The van der Waals surface area contributed by atoms with Crippen LogP contribution in [-0.2, 0) is 9.53 Å². The molecule has 2 aliphatic rings. The van der Waals surface area contributed by atoms with Crippen LogP contribution >= 0.6 is 0 Å². The maximum absolute atomic E-state index is 12.6. The standard InChI is InChI=1S/C20H37N5O3/c1-5-21-18(22-11-12-23-19(27)28-20(2,3)4)24-16-10-13-25(14-16)17(26)15-8-6-7-9-15/h15-16H,5-14H2,1-4H3,(H,23,27)(H2,21,22,24). The molecule has 1 unspecified atom stereocenters. The number of amides is 2. The van der Waals surface area contributed by atoms with Crippen molar-refractivity contribution in [3.05, 3.63) is 0 Å². The summed E-state index contributed by atoms with van der Waals surface area (Å²) in [6, 6.07) is 0.210. The van der Waals surface area contributed by atoms with Crippen molar-refractivity contribution in [2.45, 2.75) is 71.4 Å². The molecule has 2 rings (SSSR count). The predicted octanol–water partition coefficient (Wildman–Crippen LogP) is 1.86. The van der Waals surface area contributed by atoms with E-state index in [1.807, 2.05) is 32.6 Å². The van der Waals surface area contributed by atoms with Gasteiger partial charge in [-0.2, -0.15) is 0 Å². The van der Waals surface area contributed by atoms with E-state index >= 15 is 0 Å². The maximum Gasteiger partial charge on any atom is 0.407 e. The van der Waals surface area contributed by atoms with Gasteiger partial charge in [0.1, 0.15) is 5.60 Å². The molecule has 2 amide bonds. The average Bonchev–Trinajstić information content (AvgIpc) is 3.28. The highest BCUT2D eigenvalue weighted by atomic mass is 16.6. The van der Waals surface area contributed by atoms with E-state index in [0.29, 0.717) is 25.0 Å². The second-order valence-electron chi connectivity index (χ2n) is 8.58. The summed E-state index contributed by atoms with van der Waals surface area (Å²) >= 11 is 0. The lowest BCUT2D eigenvalue weighted by Crippen LogP contribution is -2.45. The molecule has 160 valence electrons. The van der Waals surface area contributed by atoms with Gasteiger partial charge in [0.05, 0.1) is 6.54 Å². The fourth-order valence-electron chi connectivity index (χ4n) is 3.66. The van der Waals surface area contributed by atoms with Crippen molar-refractivity contribution in [1.29, 1.82) is 0 Å². The number of carbonyl (C=O) groups excluding carboxylic acids is 2. The van der Waals surface area contributed by atoms with Crippen LogP contribution in [0.25, 0.3) is 0 Å². The van der Waals surface area contributed by atoms with Gasteiger partial charge in [0, 0.05) is 38.1 Å². The summed E-state index contributed by atoms with van der Waals surface area (Å²) in [4.78, 5) is 30.8. The second-order valence-corrected chi connectivity index (χ2v) is 8.58. The lowest BCUT2D eigenvalue weighted by molar-refractivity contribution is -0.134. The van der Waals surface area contributed by atoms with Crippen molar-refractivity contribution < 1.29 is 14.3 Å². The molecule has 0 bridgehead atoms. The lowest BCUT2D eigenvalue weighted by Gasteiger charge is -2.21. The zero-order chi connectivity index (χ0) is 20.6. The molecule has 8 nitrogen and oxygen atoms in total. The van der Waals surface area contributed by atoms with Crippen LogP contribution in [0.15, 0.2) is 4.99 Å². The number of nitrogens with one attached hydrogen (secondary N) is 3. The molecule has 1 aliphatic heterocycles. The van der Waals surface area contributed by atoms with Crippen molar-refractivity contribution in [2.24, 2.45) is 10.9 Å². The first kappa shape index (κ1) is 22.3. The van der Waals surface area contributed by atoms with Gasteiger partial charge in [-0.15, -0.1) is 0 Å². The minimum absolute atomic E-state index is 0.210. The Balaban J connectivity index is 1.75. The number of hydrogen-bond acceptors (Lipinski definition) is 4. The van der Waals surface area contributed by atoms with E-state index in [9.17, 15) is 9.59 Å². The highest BCUT2D eigenvalue weighted by Gasteiger charge is 2.32. The highest BCUT2D eigenvalue weighted by Crippen LogP contribution is 2.27. The van der Waals surface area contributed by atoms with E-state index in [-0.39, 0.29) is 12.0 Å². The molecule has 3 N–H and O–H groups in total. The van der Waals surface area contributed by atoms with E-state index in [0.717, 1.165) is 38.9 Å². The fourth-order valence-corrected chi connectivity index (χ4v) is 3.66. The first-order valence-electron chi connectivity index (χ1n) is 10.6. The second kappa shape index (κ2) is 10.5. The molecule has 1 atom stereocenters. The lowest BCUT2D eigenvalue weighted by atomic mass is 10.1. The molecule has 1 saturated carbocycles. The van der Waals surface area contributed by atoms with Crippen molar-refractivity contribution in [1.82, 2.24) is 20.9 Å². The molecule has 0 spiro atoms. The van der Waals surface area contributed by atoms with E-state index < -0.39 is 11.7 Å². The van der Waals surface area contributed by atoms with Gasteiger partial charge < -0.3 is 25.6 Å². The Hall–Kier alpha value is -1.99. The number of hydrogen-bond donors (Lipinski definition) is 3. The van der Waals surface area contributed by atoms with Gasteiger partial charge >= 0.3 is 6.09 Å². The molecule has 1 saturated heterocycles. The molecule has 2 fully saturated rings. The van der Waals surface area contributed by atoms with Gasteiger partial charge in [-0.3, -0.25) is 9.79 Å². The average molecular weight is 396 g/mol. The smallest absolute Gasteiger partial charge is 0.407 e. The number of nitrogens with zero attached hydrogens (tertiary/aromatic N) is 2. The van der Waals surface area contributed by atoms with Gasteiger partial charge in [0.2, 0.25) is 5.91 Å². The molecule has 0 aromatic rings. The summed E-state index contributed by atoms with van der Waals surface area (Å²) in [6.07, 6.45) is 4.95. The molecule has 0 radical (unpaired) electrons. The Kier molecular flexibility index (Phi) is 8.38. The number of rotatable bonds is 6. The normalized spacial score (nSPS) is 20.9. The van der Waals surface area contributed by atoms with Gasteiger partial charge in [-0.05, 0) is 47.0 Å². The first-order chi connectivity index (χ1) is 13.3. The summed E-state index contributed by atoms with van der Waals surface area (Å²) in [5, 5.41) is 9.35. The number of alkyl carbamates (subject to hydrolysis) is 1. The molecule has 1 heterocycles. The van der Waals surface area contributed by atoms with Crippen LogP contribution in [0, 0.1) is 5.92 Å². The van der Waals surface area contributed by atoms with Crippen molar-refractivity contribution in [3.63, 3.8) is 0 Å². The largest absolute Gasteiger partial charge is 0.444 e. The number of carbonyl (C=O) groups is 2. The zero-order valence-corrected chi connectivity index (χ0v) is 17.8. The zero-order valence-electron chi connectivity index (χ0n) is 17.8. The van der Waals surface area contributed by atoms with Crippen molar-refractivity contribution in [2.75, 3.05) is 32.7 Å². The fraction of sp³-hybridized carbons (Fsp3) is 0.850. The molecule has 0 aromatic carbocycles. The first-order valence-corrected chi connectivity index (χ1v) is 10.6. The number of guanidine groups is 1. The minimum atomic E-state index is -0.506. The van der Waals surface area contributed by atoms with Gasteiger partial charge in [0.25, 0.3) is 0 Å². The van der Waals surface area contributed by atoms with Gasteiger partial charge in [0.15, 0.2) is 5.96 Å². The summed E-state index contributed by atoms with van der Waals surface area (Å²) in [6.45, 7) is 10.7. The van der Waals surface area contributed by atoms with Crippen molar-refractivity contribution >= 4 is 18.0 Å². The Morgan fingerprint density at radius 3 is 2.50 bits per heavy atom. The third kappa shape index (κ3) is 7.56. The summed E-state index contributed by atoms with van der Waals surface area (Å²) < 4.78 is 5.21. The number of likely N-dealkylation sites (tertiary alicyclic amines) is 1. The quantitative estimate of drug-likeness (QED) is 0.362. The van der Waals surface area contributed by atoms with E-state index in [1.54, 1.807) is 0 Å². The number of aliphatic imine (C=N–C) groups is 1. The Morgan fingerprint density at radius 2 is 1.86 bits per heavy atom. The highest BCUT2D eigenvalue weighted by molar-refractivity contribution is 5.81. The van der Waals surface area contributed by atoms with Crippen molar-refractivity contribution in [3.8, 4) is 0 Å². The van der Waals surface area contributed by atoms with Gasteiger partial charge in [-0.25, -0.2) is 4.79 Å². The third-order valence-corrected chi connectivity index (χ3v) is 4.94. The third-order valence-electron chi connectivity index (χ3n) is 4.94. The van der Waals surface area contributed by atoms with Crippen LogP contribution in [0.1, 0.15) is 59.8 Å². The Morgan fingerprint density at radius 1 is 1.14 bits per heavy atom. The maximum atomic E-state index is 12.6. The Labute approximate surface area is 168 Å².